The molecule has 0 saturated heterocycles. The number of aromatic nitrogens is 2. The minimum Gasteiger partial charge on any atom is -0.423 e. The first kappa shape index (κ1) is 36.2. The van der Waals surface area contributed by atoms with Gasteiger partial charge in [0, 0.05) is 11.6 Å². The molecule has 0 saturated carbocycles. The molecule has 1 heterocycles. The molecular formula is C42H45FN2O5. The Morgan fingerprint density at radius 2 is 1.06 bits per heavy atom. The quantitative estimate of drug-likeness (QED) is 0.0518. The first-order chi connectivity index (χ1) is 24.4. The molecule has 0 N–H and O–H groups in total. The predicted molar refractivity (Wildman–Crippen MR) is 193 cm³/mol. The van der Waals surface area contributed by atoms with Crippen LogP contribution in [-0.4, -0.2) is 22.1 Å². The van der Waals surface area contributed by atoms with Gasteiger partial charge in [-0.25, -0.2) is 14.0 Å². The van der Waals surface area contributed by atoms with Crippen LogP contribution in [0.4, 0.5) is 4.39 Å². The number of hydrogen-bond donors (Lipinski definition) is 0. The average molecular weight is 677 g/mol. The van der Waals surface area contributed by atoms with E-state index in [2.05, 4.69) is 24.0 Å². The smallest absolute Gasteiger partial charge is 0.343 e. The van der Waals surface area contributed by atoms with Gasteiger partial charge in [-0.05, 0) is 97.5 Å². The largest absolute Gasteiger partial charge is 0.423 e. The van der Waals surface area contributed by atoms with Gasteiger partial charge in [0.05, 0.1) is 16.7 Å². The Labute approximate surface area is 293 Å². The van der Waals surface area contributed by atoms with E-state index in [1.807, 2.05) is 24.3 Å². The van der Waals surface area contributed by atoms with Crippen molar-refractivity contribution in [1.29, 1.82) is 0 Å². The number of benzene rings is 4. The van der Waals surface area contributed by atoms with Gasteiger partial charge in [0.25, 0.3) is 5.89 Å². The summed E-state index contributed by atoms with van der Waals surface area (Å²) in [5.74, 6) is -1.12. The summed E-state index contributed by atoms with van der Waals surface area (Å²) >= 11 is 0. The van der Waals surface area contributed by atoms with Gasteiger partial charge in [-0.2, -0.15) is 0 Å². The fourth-order valence-electron chi connectivity index (χ4n) is 5.66. The lowest BCUT2D eigenvalue weighted by Gasteiger charge is -2.07. The fourth-order valence-corrected chi connectivity index (χ4v) is 5.66. The van der Waals surface area contributed by atoms with Crippen molar-refractivity contribution in [3.05, 3.63) is 119 Å². The molecule has 0 unspecified atom stereocenters. The standard InChI is InChI=1S/C42H45FN2O5/c1-3-5-7-9-11-13-30-15-19-33(20-16-30)41(46)48-35-25-23-32(24-26-35)39-44-45-40(50-39)37-28-27-36(29-38(37)43)49-42(47)34-21-17-31(18-22-34)14-12-10-8-6-4-2/h15-29H,3-14H2,1-2H3. The number of ether oxygens (including phenoxy) is 2. The molecular weight excluding hydrogens is 631 g/mol. The molecule has 0 amide bonds. The Morgan fingerprint density at radius 3 is 1.58 bits per heavy atom. The van der Waals surface area contributed by atoms with Gasteiger partial charge >= 0.3 is 11.9 Å². The van der Waals surface area contributed by atoms with Gasteiger partial charge in [0.1, 0.15) is 17.3 Å². The fraction of sp³-hybridized carbons (Fsp3) is 0.333. The van der Waals surface area contributed by atoms with Crippen molar-refractivity contribution >= 4 is 11.9 Å². The van der Waals surface area contributed by atoms with Crippen LogP contribution < -0.4 is 9.47 Å². The minimum atomic E-state index is -0.675. The molecule has 0 spiro atoms. The highest BCUT2D eigenvalue weighted by Gasteiger charge is 2.17. The Kier molecular flexibility index (Phi) is 13.5. The first-order valence-electron chi connectivity index (χ1n) is 17.8. The molecule has 260 valence electrons. The van der Waals surface area contributed by atoms with Crippen LogP contribution in [0.3, 0.4) is 0 Å². The zero-order chi connectivity index (χ0) is 35.1. The number of nitrogens with zero attached hydrogens (tertiary/aromatic N) is 2. The van der Waals surface area contributed by atoms with Crippen LogP contribution >= 0.6 is 0 Å². The highest BCUT2D eigenvalue weighted by Crippen LogP contribution is 2.29. The van der Waals surface area contributed by atoms with E-state index in [9.17, 15) is 9.59 Å². The number of esters is 2. The van der Waals surface area contributed by atoms with Gasteiger partial charge in [-0.15, -0.1) is 10.2 Å². The van der Waals surface area contributed by atoms with Gasteiger partial charge in [0.15, 0.2) is 0 Å². The Hall–Kier alpha value is -5.11. The number of unbranched alkanes of at least 4 members (excludes halogenated alkanes) is 8. The van der Waals surface area contributed by atoms with Crippen LogP contribution in [-0.2, 0) is 12.8 Å². The lowest BCUT2D eigenvalue weighted by atomic mass is 10.0. The molecule has 0 radical (unpaired) electrons. The molecule has 5 rings (SSSR count). The number of rotatable bonds is 18. The van der Waals surface area contributed by atoms with Crippen LogP contribution in [0.5, 0.6) is 11.5 Å². The molecule has 0 aliphatic carbocycles. The molecule has 5 aromatic rings. The lowest BCUT2D eigenvalue weighted by Crippen LogP contribution is -2.08. The third-order valence-electron chi connectivity index (χ3n) is 8.64. The maximum atomic E-state index is 15.1. The van der Waals surface area contributed by atoms with Gasteiger partial charge < -0.3 is 13.9 Å². The van der Waals surface area contributed by atoms with Crippen LogP contribution in [0, 0.1) is 5.82 Å². The van der Waals surface area contributed by atoms with Crippen LogP contribution in [0.2, 0.25) is 0 Å². The number of halogens is 1. The molecule has 4 aromatic carbocycles. The average Bonchev–Trinajstić information content (AvgIpc) is 3.62. The van der Waals surface area contributed by atoms with Crippen molar-refractivity contribution < 1.29 is 27.9 Å². The highest BCUT2D eigenvalue weighted by molar-refractivity contribution is 5.91. The number of hydrogen-bond acceptors (Lipinski definition) is 7. The molecule has 8 heteroatoms. The third-order valence-corrected chi connectivity index (χ3v) is 8.64. The molecule has 50 heavy (non-hydrogen) atoms. The second-order valence-electron chi connectivity index (χ2n) is 12.6. The summed E-state index contributed by atoms with van der Waals surface area (Å²) in [6.07, 6.45) is 14.1. The molecule has 0 aliphatic heterocycles. The van der Waals surface area contributed by atoms with E-state index >= 15 is 4.39 Å². The SMILES string of the molecule is CCCCCCCc1ccc(C(=O)Oc2ccc(-c3nnc(-c4ccc(OC(=O)c5ccc(CCCCCCC)cc5)cc4F)o3)cc2)cc1. The first-order valence-corrected chi connectivity index (χ1v) is 17.8. The summed E-state index contributed by atoms with van der Waals surface area (Å²) in [5.41, 5.74) is 3.89. The third kappa shape index (κ3) is 10.4. The lowest BCUT2D eigenvalue weighted by molar-refractivity contribution is 0.0725. The van der Waals surface area contributed by atoms with Gasteiger partial charge in [0.2, 0.25) is 5.89 Å². The zero-order valence-corrected chi connectivity index (χ0v) is 29.0. The summed E-state index contributed by atoms with van der Waals surface area (Å²) in [5, 5.41) is 8.06. The van der Waals surface area contributed by atoms with Crippen molar-refractivity contribution in [2.45, 2.75) is 90.9 Å². The second-order valence-corrected chi connectivity index (χ2v) is 12.6. The van der Waals surface area contributed by atoms with E-state index in [4.69, 9.17) is 13.9 Å². The van der Waals surface area contributed by atoms with E-state index in [0.717, 1.165) is 31.7 Å². The summed E-state index contributed by atoms with van der Waals surface area (Å²) in [7, 11) is 0. The monoisotopic (exact) mass is 676 g/mol. The topological polar surface area (TPSA) is 91.5 Å². The summed E-state index contributed by atoms with van der Waals surface area (Å²) < 4.78 is 31.8. The van der Waals surface area contributed by atoms with Gasteiger partial charge in [-0.1, -0.05) is 89.5 Å². The summed E-state index contributed by atoms with van der Waals surface area (Å²) in [6.45, 7) is 4.41. The maximum absolute atomic E-state index is 15.1. The number of aryl methyl sites for hydroxylation is 2. The van der Waals surface area contributed by atoms with Crippen molar-refractivity contribution in [3.8, 4) is 34.4 Å². The Bertz CT molecular complexity index is 1810. The second kappa shape index (κ2) is 18.6. The van der Waals surface area contributed by atoms with E-state index in [-0.39, 0.29) is 23.1 Å². The summed E-state index contributed by atoms with van der Waals surface area (Å²) in [6, 6.07) is 25.5. The Morgan fingerprint density at radius 1 is 0.580 bits per heavy atom. The van der Waals surface area contributed by atoms with Crippen LogP contribution in [0.15, 0.2) is 95.4 Å². The van der Waals surface area contributed by atoms with Crippen LogP contribution in [0.1, 0.15) is 110 Å². The van der Waals surface area contributed by atoms with Crippen molar-refractivity contribution in [2.24, 2.45) is 0 Å². The molecule has 0 fully saturated rings. The van der Waals surface area contributed by atoms with E-state index in [1.165, 1.54) is 74.6 Å². The minimum absolute atomic E-state index is 0.0272. The van der Waals surface area contributed by atoms with Crippen molar-refractivity contribution in [3.63, 3.8) is 0 Å². The van der Waals surface area contributed by atoms with E-state index < -0.39 is 17.8 Å². The molecule has 1 aromatic heterocycles. The van der Waals surface area contributed by atoms with E-state index in [1.54, 1.807) is 48.5 Å². The van der Waals surface area contributed by atoms with E-state index in [0.29, 0.717) is 22.4 Å². The Balaban J connectivity index is 1.12. The predicted octanol–water partition coefficient (Wildman–Crippen LogP) is 11.0. The van der Waals surface area contributed by atoms with Crippen LogP contribution in [0.25, 0.3) is 22.9 Å². The zero-order valence-electron chi connectivity index (χ0n) is 29.0. The summed E-state index contributed by atoms with van der Waals surface area (Å²) in [4.78, 5) is 25.4. The highest BCUT2D eigenvalue weighted by atomic mass is 19.1. The molecule has 0 bridgehead atoms. The molecule has 0 atom stereocenters. The molecule has 7 nitrogen and oxygen atoms in total. The van der Waals surface area contributed by atoms with Crippen molar-refractivity contribution in [1.82, 2.24) is 10.2 Å². The number of carbonyl (C=O) groups excluding carboxylic acids is 2. The maximum Gasteiger partial charge on any atom is 0.343 e. The van der Waals surface area contributed by atoms with Crippen molar-refractivity contribution in [2.75, 3.05) is 0 Å². The molecule has 0 aliphatic rings. The van der Waals surface area contributed by atoms with Gasteiger partial charge in [-0.3, -0.25) is 0 Å². The normalized spacial score (nSPS) is 11.0. The number of carbonyl (C=O) groups is 2.